The number of rotatable bonds is 2. The monoisotopic (exact) mass is 157 g/mol. The van der Waals surface area contributed by atoms with Crippen LogP contribution in [0.3, 0.4) is 0 Å². The Labute approximate surface area is 69.1 Å². The molecule has 0 amide bonds. The van der Waals surface area contributed by atoms with Crippen LogP contribution in [0.15, 0.2) is 0 Å². The van der Waals surface area contributed by atoms with E-state index in [1.54, 1.807) is 0 Å². The minimum atomic E-state index is 0.632. The Bertz CT molecular complexity index is 106. The lowest BCUT2D eigenvalue weighted by Crippen LogP contribution is -2.42. The highest BCUT2D eigenvalue weighted by Gasteiger charge is 2.12. The highest BCUT2D eigenvalue weighted by atomic mass is 15.1. The molecule has 0 aromatic heterocycles. The van der Waals surface area contributed by atoms with Gasteiger partial charge in [-0.3, -0.25) is 0 Å². The second-order valence-electron chi connectivity index (χ2n) is 3.32. The molecule has 1 fully saturated rings. The van der Waals surface area contributed by atoms with Gasteiger partial charge >= 0.3 is 0 Å². The lowest BCUT2D eigenvalue weighted by atomic mass is 10.3. The van der Waals surface area contributed by atoms with Crippen molar-refractivity contribution in [2.45, 2.75) is 12.5 Å². The number of nitrogens with one attached hydrogen (secondary N) is 2. The molecule has 1 unspecified atom stereocenters. The van der Waals surface area contributed by atoms with Gasteiger partial charge < -0.3 is 15.5 Å². The zero-order chi connectivity index (χ0) is 8.10. The summed E-state index contributed by atoms with van der Waals surface area (Å²) in [7, 11) is 4.20. The van der Waals surface area contributed by atoms with Gasteiger partial charge in [-0.1, -0.05) is 0 Å². The average molecular weight is 157 g/mol. The molecule has 0 saturated carbocycles. The van der Waals surface area contributed by atoms with Crippen LogP contribution in [0.4, 0.5) is 0 Å². The molecule has 1 heterocycles. The minimum Gasteiger partial charge on any atom is -0.318 e. The summed E-state index contributed by atoms with van der Waals surface area (Å²) in [6, 6.07) is 0.632. The molecule has 0 spiro atoms. The van der Waals surface area contributed by atoms with Crippen molar-refractivity contribution in [2.75, 3.05) is 40.3 Å². The van der Waals surface area contributed by atoms with Gasteiger partial charge in [-0.05, 0) is 33.6 Å². The smallest absolute Gasteiger partial charge is 0.0319 e. The third-order valence-corrected chi connectivity index (χ3v) is 2.13. The molecule has 0 aromatic carbocycles. The summed E-state index contributed by atoms with van der Waals surface area (Å²) >= 11 is 0. The highest BCUT2D eigenvalue weighted by molar-refractivity contribution is 4.75. The van der Waals surface area contributed by atoms with E-state index in [-0.39, 0.29) is 0 Å². The molecular formula is C8H19N3. The predicted octanol–water partition coefficient (Wildman–Crippen LogP) is -0.500. The van der Waals surface area contributed by atoms with Crippen molar-refractivity contribution in [1.82, 2.24) is 15.5 Å². The summed E-state index contributed by atoms with van der Waals surface area (Å²) in [6.07, 6.45) is 1.27. The lowest BCUT2D eigenvalue weighted by molar-refractivity contribution is 0.321. The van der Waals surface area contributed by atoms with Gasteiger partial charge in [0.25, 0.3) is 0 Å². The van der Waals surface area contributed by atoms with E-state index in [4.69, 9.17) is 0 Å². The van der Waals surface area contributed by atoms with Crippen molar-refractivity contribution in [3.05, 3.63) is 0 Å². The Kier molecular flexibility index (Phi) is 3.83. The standard InChI is InChI=1S/C8H19N3/c1-9-6-8-7-11(2)5-3-4-10-8/h8-10H,3-7H2,1-2H3. The first-order valence-corrected chi connectivity index (χ1v) is 4.39. The Morgan fingerprint density at radius 2 is 2.45 bits per heavy atom. The number of hydrogen-bond acceptors (Lipinski definition) is 3. The van der Waals surface area contributed by atoms with E-state index in [0.29, 0.717) is 6.04 Å². The average Bonchev–Trinajstić information content (AvgIpc) is 2.15. The maximum absolute atomic E-state index is 3.51. The maximum atomic E-state index is 3.51. The van der Waals surface area contributed by atoms with Crippen molar-refractivity contribution in [3.8, 4) is 0 Å². The summed E-state index contributed by atoms with van der Waals surface area (Å²) in [6.45, 7) is 4.63. The summed E-state index contributed by atoms with van der Waals surface area (Å²) in [4.78, 5) is 2.39. The van der Waals surface area contributed by atoms with Crippen molar-refractivity contribution in [2.24, 2.45) is 0 Å². The Morgan fingerprint density at radius 1 is 1.64 bits per heavy atom. The summed E-state index contributed by atoms with van der Waals surface area (Å²) in [5.41, 5.74) is 0. The highest BCUT2D eigenvalue weighted by Crippen LogP contribution is 1.96. The van der Waals surface area contributed by atoms with Gasteiger partial charge in [0, 0.05) is 19.1 Å². The first-order chi connectivity index (χ1) is 5.33. The van der Waals surface area contributed by atoms with Gasteiger partial charge in [0.1, 0.15) is 0 Å². The Morgan fingerprint density at radius 3 is 3.18 bits per heavy atom. The fraction of sp³-hybridized carbons (Fsp3) is 1.00. The predicted molar refractivity (Wildman–Crippen MR) is 47.8 cm³/mol. The van der Waals surface area contributed by atoms with Crippen LogP contribution in [0.2, 0.25) is 0 Å². The number of nitrogens with zero attached hydrogens (tertiary/aromatic N) is 1. The fourth-order valence-electron chi connectivity index (χ4n) is 1.57. The largest absolute Gasteiger partial charge is 0.318 e. The van der Waals surface area contributed by atoms with E-state index in [2.05, 4.69) is 22.6 Å². The van der Waals surface area contributed by atoms with Crippen molar-refractivity contribution >= 4 is 0 Å². The van der Waals surface area contributed by atoms with Crippen molar-refractivity contribution in [1.29, 1.82) is 0 Å². The Hall–Kier alpha value is -0.120. The van der Waals surface area contributed by atoms with E-state index in [9.17, 15) is 0 Å². The van der Waals surface area contributed by atoms with Gasteiger partial charge in [-0.15, -0.1) is 0 Å². The number of likely N-dealkylation sites (N-methyl/N-ethyl adjacent to an activating group) is 2. The molecule has 2 N–H and O–H groups in total. The van der Waals surface area contributed by atoms with Crippen LogP contribution in [0.5, 0.6) is 0 Å². The van der Waals surface area contributed by atoms with Crippen LogP contribution in [0, 0.1) is 0 Å². The molecule has 1 rings (SSSR count). The van der Waals surface area contributed by atoms with Crippen molar-refractivity contribution in [3.63, 3.8) is 0 Å². The van der Waals surface area contributed by atoms with Gasteiger partial charge in [0.15, 0.2) is 0 Å². The van der Waals surface area contributed by atoms with Crippen LogP contribution in [-0.2, 0) is 0 Å². The molecule has 0 aromatic rings. The lowest BCUT2D eigenvalue weighted by Gasteiger charge is -2.19. The first kappa shape index (κ1) is 8.97. The summed E-state index contributed by atoms with van der Waals surface area (Å²) in [5, 5.41) is 6.71. The second kappa shape index (κ2) is 4.70. The molecule has 3 heteroatoms. The van der Waals surface area contributed by atoms with Crippen LogP contribution in [-0.4, -0.2) is 51.2 Å². The molecule has 1 atom stereocenters. The van der Waals surface area contributed by atoms with Crippen LogP contribution in [0.25, 0.3) is 0 Å². The molecule has 11 heavy (non-hydrogen) atoms. The molecule has 3 nitrogen and oxygen atoms in total. The van der Waals surface area contributed by atoms with E-state index in [0.717, 1.165) is 13.1 Å². The first-order valence-electron chi connectivity index (χ1n) is 4.39. The van der Waals surface area contributed by atoms with E-state index < -0.39 is 0 Å². The van der Waals surface area contributed by atoms with Crippen LogP contribution in [0.1, 0.15) is 6.42 Å². The molecule has 1 aliphatic heterocycles. The third kappa shape index (κ3) is 3.18. The Balaban J connectivity index is 2.27. The molecule has 66 valence electrons. The molecule has 1 saturated heterocycles. The molecular weight excluding hydrogens is 138 g/mol. The van der Waals surface area contributed by atoms with Crippen LogP contribution >= 0.6 is 0 Å². The molecule has 0 bridgehead atoms. The zero-order valence-electron chi connectivity index (χ0n) is 7.56. The molecule has 0 aliphatic carbocycles. The van der Waals surface area contributed by atoms with Gasteiger partial charge in [0.05, 0.1) is 0 Å². The maximum Gasteiger partial charge on any atom is 0.0319 e. The van der Waals surface area contributed by atoms with Gasteiger partial charge in [0.2, 0.25) is 0 Å². The zero-order valence-corrected chi connectivity index (χ0v) is 7.56. The summed E-state index contributed by atoms with van der Waals surface area (Å²) in [5.74, 6) is 0. The molecule has 1 aliphatic rings. The van der Waals surface area contributed by atoms with Crippen molar-refractivity contribution < 1.29 is 0 Å². The van der Waals surface area contributed by atoms with E-state index >= 15 is 0 Å². The quantitative estimate of drug-likeness (QED) is 0.566. The van der Waals surface area contributed by atoms with Gasteiger partial charge in [-0.25, -0.2) is 0 Å². The topological polar surface area (TPSA) is 27.3 Å². The van der Waals surface area contributed by atoms with E-state index in [1.165, 1.54) is 19.5 Å². The SMILES string of the molecule is CNCC1CN(C)CCCN1. The third-order valence-electron chi connectivity index (χ3n) is 2.13. The fourth-order valence-corrected chi connectivity index (χ4v) is 1.57. The summed E-state index contributed by atoms with van der Waals surface area (Å²) < 4.78 is 0. The van der Waals surface area contributed by atoms with E-state index in [1.807, 2.05) is 7.05 Å². The second-order valence-corrected chi connectivity index (χ2v) is 3.32. The van der Waals surface area contributed by atoms with Gasteiger partial charge in [-0.2, -0.15) is 0 Å². The minimum absolute atomic E-state index is 0.632. The number of hydrogen-bond donors (Lipinski definition) is 2. The van der Waals surface area contributed by atoms with Crippen LogP contribution < -0.4 is 10.6 Å². The molecule has 0 radical (unpaired) electrons. The normalized spacial score (nSPS) is 28.4.